The van der Waals surface area contributed by atoms with E-state index in [1.165, 1.54) is 17.6 Å². The van der Waals surface area contributed by atoms with Crippen molar-refractivity contribution in [3.05, 3.63) is 93.3 Å². The van der Waals surface area contributed by atoms with Crippen molar-refractivity contribution in [2.75, 3.05) is 0 Å². The molecule has 1 heterocycles. The van der Waals surface area contributed by atoms with Gasteiger partial charge in [0.15, 0.2) is 0 Å². The van der Waals surface area contributed by atoms with Crippen LogP contribution in [-0.4, -0.2) is 21.6 Å². The molecule has 1 atom stereocenters. The average Bonchev–Trinajstić information content (AvgIpc) is 2.74. The summed E-state index contributed by atoms with van der Waals surface area (Å²) in [5, 5.41) is 12.4. The monoisotopic (exact) mass is 404 g/mol. The topological polar surface area (TPSA) is 88.4 Å². The van der Waals surface area contributed by atoms with Crippen LogP contribution < -0.4 is 10.9 Å². The maximum Gasteiger partial charge on any atom is 0.326 e. The van der Waals surface area contributed by atoms with Crippen LogP contribution in [0.15, 0.2) is 65.5 Å². The minimum atomic E-state index is -1.12. The van der Waals surface area contributed by atoms with Crippen molar-refractivity contribution in [1.82, 2.24) is 9.88 Å². The Morgan fingerprint density at radius 2 is 1.67 bits per heavy atom. The first kappa shape index (κ1) is 21.0. The van der Waals surface area contributed by atoms with Crippen LogP contribution in [0.25, 0.3) is 11.3 Å². The lowest BCUT2D eigenvalue weighted by Gasteiger charge is -2.21. The number of carboxylic acids is 1. The van der Waals surface area contributed by atoms with E-state index >= 15 is 0 Å². The zero-order chi connectivity index (χ0) is 21.8. The lowest BCUT2D eigenvalue weighted by Crippen LogP contribution is -2.33. The minimum absolute atomic E-state index is 0.236. The fraction of sp³-hybridized carbons (Fsp3) is 0.208. The van der Waals surface area contributed by atoms with Crippen LogP contribution in [0.2, 0.25) is 0 Å². The summed E-state index contributed by atoms with van der Waals surface area (Å²) in [5.74, 6) is -1.50. The molecule has 2 N–H and O–H groups in total. The van der Waals surface area contributed by atoms with Gasteiger partial charge in [0.1, 0.15) is 6.04 Å². The molecule has 30 heavy (non-hydrogen) atoms. The molecule has 0 saturated carbocycles. The van der Waals surface area contributed by atoms with E-state index in [0.717, 1.165) is 11.1 Å². The van der Waals surface area contributed by atoms with E-state index in [1.807, 2.05) is 61.5 Å². The largest absolute Gasteiger partial charge is 0.480 e. The minimum Gasteiger partial charge on any atom is -0.480 e. The predicted octanol–water partition coefficient (Wildman–Crippen LogP) is 3.71. The van der Waals surface area contributed by atoms with Gasteiger partial charge in [-0.15, -0.1) is 0 Å². The van der Waals surface area contributed by atoms with Crippen molar-refractivity contribution in [1.29, 1.82) is 0 Å². The third-order valence-corrected chi connectivity index (χ3v) is 5.12. The second kappa shape index (κ2) is 8.78. The van der Waals surface area contributed by atoms with E-state index in [1.54, 1.807) is 6.92 Å². The molecule has 0 aliphatic carbocycles. The molecule has 0 radical (unpaired) electrons. The molecule has 0 fully saturated rings. The van der Waals surface area contributed by atoms with E-state index in [9.17, 15) is 19.5 Å². The SMILES string of the molecule is Cc1ccc(-c2c(C)c(C(=O)NCc3ccccc3)cc(=O)n2C(C)C(=O)O)cc1. The third-order valence-electron chi connectivity index (χ3n) is 5.12. The van der Waals surface area contributed by atoms with Gasteiger partial charge in [-0.3, -0.25) is 14.2 Å². The van der Waals surface area contributed by atoms with Crippen LogP contribution in [0, 0.1) is 13.8 Å². The van der Waals surface area contributed by atoms with Gasteiger partial charge in [-0.05, 0) is 37.5 Å². The van der Waals surface area contributed by atoms with Gasteiger partial charge in [-0.2, -0.15) is 0 Å². The molecule has 1 aromatic heterocycles. The van der Waals surface area contributed by atoms with Gasteiger partial charge in [0.25, 0.3) is 11.5 Å². The van der Waals surface area contributed by atoms with Crippen molar-refractivity contribution in [3.8, 4) is 11.3 Å². The molecule has 0 aliphatic heterocycles. The Morgan fingerprint density at radius 1 is 1.03 bits per heavy atom. The number of carbonyl (C=O) groups is 2. The molecule has 154 valence electrons. The summed E-state index contributed by atoms with van der Waals surface area (Å²) < 4.78 is 1.23. The molecule has 0 bridgehead atoms. The zero-order valence-corrected chi connectivity index (χ0v) is 17.2. The summed E-state index contributed by atoms with van der Waals surface area (Å²) in [6.45, 7) is 5.46. The lowest BCUT2D eigenvalue weighted by molar-refractivity contribution is -0.140. The highest BCUT2D eigenvalue weighted by Gasteiger charge is 2.24. The Balaban J connectivity index is 2.09. The normalized spacial score (nSPS) is 11.7. The quantitative estimate of drug-likeness (QED) is 0.656. The van der Waals surface area contributed by atoms with E-state index in [4.69, 9.17) is 0 Å². The maximum absolute atomic E-state index is 12.9. The summed E-state index contributed by atoms with van der Waals surface area (Å²) in [6, 6.07) is 17.0. The number of nitrogens with zero attached hydrogens (tertiary/aromatic N) is 1. The molecule has 0 saturated heterocycles. The van der Waals surface area contributed by atoms with E-state index in [-0.39, 0.29) is 11.5 Å². The number of nitrogens with one attached hydrogen (secondary N) is 1. The third kappa shape index (κ3) is 4.33. The number of aromatic nitrogens is 1. The first-order chi connectivity index (χ1) is 14.3. The first-order valence-corrected chi connectivity index (χ1v) is 9.67. The molecule has 2 aromatic carbocycles. The molecular weight excluding hydrogens is 380 g/mol. The second-order valence-electron chi connectivity index (χ2n) is 7.29. The fourth-order valence-corrected chi connectivity index (χ4v) is 3.39. The van der Waals surface area contributed by atoms with Gasteiger partial charge in [0, 0.05) is 18.2 Å². The lowest BCUT2D eigenvalue weighted by atomic mass is 9.99. The Kier molecular flexibility index (Phi) is 6.16. The summed E-state index contributed by atoms with van der Waals surface area (Å²) in [5.41, 5.74) is 3.35. The fourth-order valence-electron chi connectivity index (χ4n) is 3.39. The molecule has 1 amide bonds. The van der Waals surface area contributed by atoms with Gasteiger partial charge in [-0.1, -0.05) is 60.2 Å². The van der Waals surface area contributed by atoms with E-state index < -0.39 is 17.6 Å². The number of benzene rings is 2. The van der Waals surface area contributed by atoms with Gasteiger partial charge in [0.2, 0.25) is 0 Å². The van der Waals surface area contributed by atoms with Crippen LogP contribution in [0.5, 0.6) is 0 Å². The molecule has 3 rings (SSSR count). The van der Waals surface area contributed by atoms with Crippen molar-refractivity contribution in [2.45, 2.75) is 33.4 Å². The van der Waals surface area contributed by atoms with Gasteiger partial charge in [-0.25, -0.2) is 4.79 Å². The number of hydrogen-bond acceptors (Lipinski definition) is 3. The van der Waals surface area contributed by atoms with Crippen molar-refractivity contribution in [3.63, 3.8) is 0 Å². The highest BCUT2D eigenvalue weighted by molar-refractivity contribution is 5.97. The molecule has 6 nitrogen and oxygen atoms in total. The Bertz CT molecular complexity index is 1130. The number of rotatable bonds is 6. The van der Waals surface area contributed by atoms with Gasteiger partial charge < -0.3 is 10.4 Å². The second-order valence-corrected chi connectivity index (χ2v) is 7.29. The summed E-state index contributed by atoms with van der Waals surface area (Å²) in [6.07, 6.45) is 0. The van der Waals surface area contributed by atoms with Crippen LogP contribution in [0.3, 0.4) is 0 Å². The number of amides is 1. The zero-order valence-electron chi connectivity index (χ0n) is 17.2. The molecule has 1 unspecified atom stereocenters. The average molecular weight is 404 g/mol. The van der Waals surface area contributed by atoms with Gasteiger partial charge in [0.05, 0.1) is 5.69 Å². The van der Waals surface area contributed by atoms with Crippen molar-refractivity contribution < 1.29 is 14.7 Å². The van der Waals surface area contributed by atoms with Crippen LogP contribution in [0.1, 0.15) is 40.0 Å². The predicted molar refractivity (Wildman–Crippen MR) is 116 cm³/mol. The highest BCUT2D eigenvalue weighted by Crippen LogP contribution is 2.27. The number of pyridine rings is 1. The molecule has 3 aromatic rings. The summed E-state index contributed by atoms with van der Waals surface area (Å²) >= 11 is 0. The number of aliphatic carboxylic acids is 1. The first-order valence-electron chi connectivity index (χ1n) is 9.67. The number of carboxylic acid groups (broad SMARTS) is 1. The molecular formula is C24H24N2O4. The number of carbonyl (C=O) groups excluding carboxylic acids is 1. The van der Waals surface area contributed by atoms with E-state index in [0.29, 0.717) is 23.4 Å². The summed E-state index contributed by atoms with van der Waals surface area (Å²) in [7, 11) is 0. The standard InChI is InChI=1S/C24H24N2O4/c1-15-9-11-19(12-10-15)22-16(2)20(13-21(27)26(22)17(3)24(29)30)23(28)25-14-18-7-5-4-6-8-18/h4-13,17H,14H2,1-3H3,(H,25,28)(H,29,30). The smallest absolute Gasteiger partial charge is 0.326 e. The van der Waals surface area contributed by atoms with Crippen LogP contribution in [0.4, 0.5) is 0 Å². The molecule has 0 spiro atoms. The van der Waals surface area contributed by atoms with Crippen LogP contribution >= 0.6 is 0 Å². The number of aryl methyl sites for hydroxylation is 1. The van der Waals surface area contributed by atoms with Crippen molar-refractivity contribution >= 4 is 11.9 Å². The highest BCUT2D eigenvalue weighted by atomic mass is 16.4. The molecule has 0 aliphatic rings. The van der Waals surface area contributed by atoms with Gasteiger partial charge >= 0.3 is 5.97 Å². The Labute approximate surface area is 174 Å². The van der Waals surface area contributed by atoms with Crippen LogP contribution in [-0.2, 0) is 11.3 Å². The summed E-state index contributed by atoms with van der Waals surface area (Å²) in [4.78, 5) is 37.4. The number of hydrogen-bond donors (Lipinski definition) is 2. The maximum atomic E-state index is 12.9. The van der Waals surface area contributed by atoms with Crippen molar-refractivity contribution in [2.24, 2.45) is 0 Å². The Morgan fingerprint density at radius 3 is 2.27 bits per heavy atom. The molecule has 6 heteroatoms. The Hall–Kier alpha value is -3.67. The van der Waals surface area contributed by atoms with E-state index in [2.05, 4.69) is 5.32 Å².